The molecule has 0 amide bonds. The molecule has 25 heavy (non-hydrogen) atoms. The topological polar surface area (TPSA) is 52.3 Å². The minimum absolute atomic E-state index is 0.00972. The van der Waals surface area contributed by atoms with E-state index in [-0.39, 0.29) is 12.0 Å². The Morgan fingerprint density at radius 3 is 2.88 bits per heavy atom. The average Bonchev–Trinajstić information content (AvgIpc) is 3.20. The van der Waals surface area contributed by atoms with Gasteiger partial charge in [-0.15, -0.1) is 11.3 Å². The summed E-state index contributed by atoms with van der Waals surface area (Å²) in [5, 5.41) is 1.90. The molecule has 0 fully saturated rings. The summed E-state index contributed by atoms with van der Waals surface area (Å²) in [6.07, 6.45) is -1.02. The summed E-state index contributed by atoms with van der Waals surface area (Å²) in [4.78, 5) is 17.3. The summed E-state index contributed by atoms with van der Waals surface area (Å²) in [6, 6.07) is 6.78. The molecule has 2 heterocycles. The Hall–Kier alpha value is -2.54. The summed E-state index contributed by atoms with van der Waals surface area (Å²) >= 11 is 1.48. The molecular weight excluding hydrogens is 348 g/mol. The molecule has 130 valence electrons. The van der Waals surface area contributed by atoms with E-state index in [9.17, 15) is 13.6 Å². The first-order chi connectivity index (χ1) is 11.9. The maximum absolute atomic E-state index is 13.7. The average molecular weight is 363 g/mol. The fourth-order valence-corrected chi connectivity index (χ4v) is 3.01. The Kier molecular flexibility index (Phi) is 4.94. The van der Waals surface area contributed by atoms with Crippen LogP contribution in [0.15, 0.2) is 40.1 Å². The quantitative estimate of drug-likeness (QED) is 0.609. The molecule has 0 N–H and O–H groups in total. The smallest absolute Gasteiger partial charge is 0.312 e. The minimum Gasteiger partial charge on any atom is -0.457 e. The van der Waals surface area contributed by atoms with Crippen molar-refractivity contribution in [1.82, 2.24) is 4.98 Å². The van der Waals surface area contributed by atoms with E-state index in [0.717, 1.165) is 23.1 Å². The zero-order valence-corrected chi connectivity index (χ0v) is 14.4. The van der Waals surface area contributed by atoms with Crippen LogP contribution in [0.1, 0.15) is 30.0 Å². The van der Waals surface area contributed by atoms with Gasteiger partial charge >= 0.3 is 5.97 Å². The molecule has 0 aliphatic rings. The Morgan fingerprint density at radius 1 is 1.36 bits per heavy atom. The van der Waals surface area contributed by atoms with Crippen LogP contribution in [-0.4, -0.2) is 11.0 Å². The van der Waals surface area contributed by atoms with Crippen LogP contribution in [-0.2, 0) is 16.0 Å². The van der Waals surface area contributed by atoms with E-state index < -0.39 is 23.7 Å². The van der Waals surface area contributed by atoms with E-state index in [1.165, 1.54) is 18.3 Å². The molecule has 0 bridgehead atoms. The SMILES string of the molecule is Cc1oc(-c2cccs2)nc1CC(=O)OC(C)c1cc(F)ccc1F. The van der Waals surface area contributed by atoms with Gasteiger partial charge in [-0.1, -0.05) is 6.07 Å². The first kappa shape index (κ1) is 17.3. The molecule has 0 saturated carbocycles. The summed E-state index contributed by atoms with van der Waals surface area (Å²) in [5.74, 6) is -0.846. The largest absolute Gasteiger partial charge is 0.457 e. The van der Waals surface area contributed by atoms with Crippen molar-refractivity contribution in [3.63, 3.8) is 0 Å². The lowest BCUT2D eigenvalue weighted by molar-refractivity contribution is -0.147. The number of esters is 1. The predicted octanol–water partition coefficient (Wildman–Crippen LogP) is 4.84. The van der Waals surface area contributed by atoms with Gasteiger partial charge in [-0.05, 0) is 43.5 Å². The number of halogens is 2. The van der Waals surface area contributed by atoms with Crippen molar-refractivity contribution < 1.29 is 22.7 Å². The van der Waals surface area contributed by atoms with Gasteiger partial charge < -0.3 is 9.15 Å². The Bertz CT molecular complexity index is 890. The highest BCUT2D eigenvalue weighted by molar-refractivity contribution is 7.13. The van der Waals surface area contributed by atoms with Gasteiger partial charge in [-0.3, -0.25) is 4.79 Å². The second-order valence-electron chi connectivity index (χ2n) is 5.47. The molecule has 4 nitrogen and oxygen atoms in total. The van der Waals surface area contributed by atoms with Gasteiger partial charge in [0.2, 0.25) is 5.89 Å². The normalized spacial score (nSPS) is 12.2. The number of hydrogen-bond acceptors (Lipinski definition) is 5. The molecule has 1 unspecified atom stereocenters. The molecule has 0 spiro atoms. The molecule has 3 aromatic rings. The summed E-state index contributed by atoms with van der Waals surface area (Å²) in [7, 11) is 0. The molecule has 7 heteroatoms. The highest BCUT2D eigenvalue weighted by atomic mass is 32.1. The van der Waals surface area contributed by atoms with E-state index in [1.807, 2.05) is 17.5 Å². The van der Waals surface area contributed by atoms with Crippen LogP contribution in [0.3, 0.4) is 0 Å². The van der Waals surface area contributed by atoms with Gasteiger partial charge in [0.1, 0.15) is 23.5 Å². The maximum Gasteiger partial charge on any atom is 0.312 e. The van der Waals surface area contributed by atoms with Gasteiger partial charge in [-0.2, -0.15) is 0 Å². The number of aromatic nitrogens is 1. The van der Waals surface area contributed by atoms with Crippen LogP contribution in [0.2, 0.25) is 0 Å². The van der Waals surface area contributed by atoms with Crippen molar-refractivity contribution in [2.45, 2.75) is 26.4 Å². The predicted molar refractivity (Wildman–Crippen MR) is 89.1 cm³/mol. The second kappa shape index (κ2) is 7.14. The Balaban J connectivity index is 1.69. The number of nitrogens with zero attached hydrogens (tertiary/aromatic N) is 1. The molecule has 1 atom stereocenters. The molecule has 0 aliphatic heterocycles. The summed E-state index contributed by atoms with van der Waals surface area (Å²) in [5.41, 5.74) is 0.449. The zero-order valence-electron chi connectivity index (χ0n) is 13.6. The summed E-state index contributed by atoms with van der Waals surface area (Å²) < 4.78 is 37.8. The lowest BCUT2D eigenvalue weighted by atomic mass is 10.1. The number of carbonyl (C=O) groups excluding carboxylic acids is 1. The number of benzene rings is 1. The molecular formula is C18H15F2NO3S. The molecule has 0 aliphatic carbocycles. The van der Waals surface area contributed by atoms with Crippen LogP contribution in [0, 0.1) is 18.6 Å². The maximum atomic E-state index is 13.7. The van der Waals surface area contributed by atoms with Gasteiger partial charge in [0, 0.05) is 5.56 Å². The van der Waals surface area contributed by atoms with Crippen molar-refractivity contribution >= 4 is 17.3 Å². The minimum atomic E-state index is -0.910. The van der Waals surface area contributed by atoms with E-state index in [0.29, 0.717) is 17.3 Å². The van der Waals surface area contributed by atoms with Gasteiger partial charge in [-0.25, -0.2) is 13.8 Å². The number of aryl methyl sites for hydroxylation is 1. The van der Waals surface area contributed by atoms with Crippen LogP contribution in [0.25, 0.3) is 10.8 Å². The van der Waals surface area contributed by atoms with E-state index >= 15 is 0 Å². The monoisotopic (exact) mass is 363 g/mol. The van der Waals surface area contributed by atoms with E-state index in [2.05, 4.69) is 4.98 Å². The molecule has 1 aromatic carbocycles. The number of carbonyl (C=O) groups is 1. The Morgan fingerprint density at radius 2 is 2.16 bits per heavy atom. The fourth-order valence-electron chi connectivity index (χ4n) is 2.36. The third-order valence-electron chi connectivity index (χ3n) is 3.64. The number of rotatable bonds is 5. The van der Waals surface area contributed by atoms with Crippen molar-refractivity contribution in [1.29, 1.82) is 0 Å². The van der Waals surface area contributed by atoms with Crippen LogP contribution in [0.5, 0.6) is 0 Å². The number of thiophene rings is 1. The molecule has 0 radical (unpaired) electrons. The molecule has 0 saturated heterocycles. The van der Waals surface area contributed by atoms with Gasteiger partial charge in [0.05, 0.1) is 17.0 Å². The third kappa shape index (κ3) is 3.93. The van der Waals surface area contributed by atoms with Crippen molar-refractivity contribution in [3.8, 4) is 10.8 Å². The lowest BCUT2D eigenvalue weighted by Crippen LogP contribution is -2.13. The highest BCUT2D eigenvalue weighted by Gasteiger charge is 2.20. The second-order valence-corrected chi connectivity index (χ2v) is 6.42. The summed E-state index contributed by atoms with van der Waals surface area (Å²) in [6.45, 7) is 3.20. The van der Waals surface area contributed by atoms with Crippen molar-refractivity contribution in [3.05, 3.63) is 64.4 Å². The number of ether oxygens (including phenoxy) is 1. The van der Waals surface area contributed by atoms with Crippen molar-refractivity contribution in [2.75, 3.05) is 0 Å². The number of hydrogen-bond donors (Lipinski definition) is 0. The number of oxazole rings is 1. The first-order valence-electron chi connectivity index (χ1n) is 7.58. The third-order valence-corrected chi connectivity index (χ3v) is 4.50. The van der Waals surface area contributed by atoms with Crippen LogP contribution >= 0.6 is 11.3 Å². The highest BCUT2D eigenvalue weighted by Crippen LogP contribution is 2.27. The zero-order chi connectivity index (χ0) is 18.0. The van der Waals surface area contributed by atoms with Crippen LogP contribution < -0.4 is 0 Å². The Labute approximate surface area is 147 Å². The first-order valence-corrected chi connectivity index (χ1v) is 8.46. The molecule has 3 rings (SSSR count). The lowest BCUT2D eigenvalue weighted by Gasteiger charge is -2.14. The standard InChI is InChI=1S/C18H15F2NO3S/c1-10(13-8-12(19)5-6-14(13)20)23-17(22)9-15-11(2)24-18(21-15)16-4-3-7-25-16/h3-8,10H,9H2,1-2H3. The van der Waals surface area contributed by atoms with Gasteiger partial charge in [0.25, 0.3) is 0 Å². The van der Waals surface area contributed by atoms with Crippen LogP contribution in [0.4, 0.5) is 8.78 Å². The van der Waals surface area contributed by atoms with E-state index in [1.54, 1.807) is 6.92 Å². The van der Waals surface area contributed by atoms with Gasteiger partial charge in [0.15, 0.2) is 0 Å². The molecule has 2 aromatic heterocycles. The fraction of sp³-hybridized carbons (Fsp3) is 0.222. The van der Waals surface area contributed by atoms with Crippen molar-refractivity contribution in [2.24, 2.45) is 0 Å². The van der Waals surface area contributed by atoms with E-state index in [4.69, 9.17) is 9.15 Å².